The topological polar surface area (TPSA) is 96.1 Å². The molecule has 5 rings (SSSR count). The number of hydrazone groups is 2. The zero-order chi connectivity index (χ0) is 28.6. The lowest BCUT2D eigenvalue weighted by Crippen LogP contribution is -2.20. The average molecular weight is 553 g/mol. The maximum absolute atomic E-state index is 12.6. The molecule has 0 bridgehead atoms. The molecule has 2 amide bonds. The van der Waals surface area contributed by atoms with Crippen molar-refractivity contribution in [3.63, 3.8) is 0 Å². The number of hydrogen-bond acceptors (Lipinski definition) is 5. The van der Waals surface area contributed by atoms with E-state index in [1.165, 1.54) is 87.5 Å². The van der Waals surface area contributed by atoms with Crippen LogP contribution in [0.1, 0.15) is 133 Å². The van der Waals surface area contributed by atoms with Gasteiger partial charge >= 0.3 is 11.8 Å². The molecule has 2 N–H and O–H groups in total. The lowest BCUT2D eigenvalue weighted by Gasteiger charge is -2.22. The van der Waals surface area contributed by atoms with Crippen molar-refractivity contribution >= 4 is 23.2 Å². The van der Waals surface area contributed by atoms with Gasteiger partial charge in [0, 0.05) is 0 Å². The Morgan fingerprint density at radius 3 is 1.32 bits per heavy atom. The van der Waals surface area contributed by atoms with Gasteiger partial charge in [-0.3, -0.25) is 9.59 Å². The molecule has 3 aromatic rings. The number of carbonyl (C=O) groups excluding carboxylic acids is 2. The second kappa shape index (κ2) is 13.6. The van der Waals surface area contributed by atoms with E-state index in [1.54, 1.807) is 0 Å². The van der Waals surface area contributed by atoms with Crippen molar-refractivity contribution in [1.82, 2.24) is 10.9 Å². The van der Waals surface area contributed by atoms with E-state index in [1.807, 2.05) is 13.8 Å². The molecular formula is C34H40N4O3. The highest BCUT2D eigenvalue weighted by molar-refractivity contribution is 6.02. The minimum absolute atomic E-state index is 0.00153. The predicted molar refractivity (Wildman–Crippen MR) is 163 cm³/mol. The minimum atomic E-state index is -0.528. The van der Waals surface area contributed by atoms with Gasteiger partial charge in [0.1, 0.15) is 0 Å². The van der Waals surface area contributed by atoms with E-state index < -0.39 is 11.8 Å². The van der Waals surface area contributed by atoms with Gasteiger partial charge in [-0.05, 0) is 85.8 Å². The first-order valence-electron chi connectivity index (χ1n) is 15.0. The van der Waals surface area contributed by atoms with Crippen LogP contribution in [0.15, 0.2) is 75.3 Å². The molecule has 41 heavy (non-hydrogen) atoms. The fraction of sp³-hybridized carbons (Fsp3) is 0.412. The fourth-order valence-electron chi connectivity index (χ4n) is 5.96. The van der Waals surface area contributed by atoms with Crippen molar-refractivity contribution in [3.8, 4) is 0 Å². The number of furan rings is 1. The van der Waals surface area contributed by atoms with Crippen LogP contribution in [0.25, 0.3) is 0 Å². The summed E-state index contributed by atoms with van der Waals surface area (Å²) < 4.78 is 5.49. The van der Waals surface area contributed by atoms with E-state index in [4.69, 9.17) is 4.42 Å². The third-order valence-corrected chi connectivity index (χ3v) is 8.51. The van der Waals surface area contributed by atoms with E-state index in [-0.39, 0.29) is 11.5 Å². The van der Waals surface area contributed by atoms with Crippen LogP contribution in [0.5, 0.6) is 0 Å². The van der Waals surface area contributed by atoms with Crippen LogP contribution < -0.4 is 10.9 Å². The number of nitrogens with one attached hydrogen (secondary N) is 2. The number of amides is 2. The lowest BCUT2D eigenvalue weighted by atomic mass is 9.84. The molecule has 2 aromatic carbocycles. The van der Waals surface area contributed by atoms with Crippen LogP contribution >= 0.6 is 0 Å². The lowest BCUT2D eigenvalue weighted by molar-refractivity contribution is 0.0902. The molecule has 0 aliphatic heterocycles. The van der Waals surface area contributed by atoms with Gasteiger partial charge in [-0.25, -0.2) is 10.9 Å². The quantitative estimate of drug-likeness (QED) is 0.222. The molecular weight excluding hydrogens is 512 g/mol. The maximum atomic E-state index is 12.6. The van der Waals surface area contributed by atoms with Gasteiger partial charge in [-0.15, -0.1) is 0 Å². The first-order chi connectivity index (χ1) is 20.0. The van der Waals surface area contributed by atoms with Crippen molar-refractivity contribution in [2.24, 2.45) is 10.2 Å². The summed E-state index contributed by atoms with van der Waals surface area (Å²) >= 11 is 0. The van der Waals surface area contributed by atoms with E-state index in [9.17, 15) is 9.59 Å². The molecule has 1 aromatic heterocycles. The second-order valence-electron chi connectivity index (χ2n) is 11.4. The highest BCUT2D eigenvalue weighted by Crippen LogP contribution is 2.33. The number of rotatable bonds is 8. The molecule has 1 heterocycles. The van der Waals surface area contributed by atoms with Gasteiger partial charge in [0.2, 0.25) is 0 Å². The summed E-state index contributed by atoms with van der Waals surface area (Å²) in [6.45, 7) is 3.70. The fourth-order valence-corrected chi connectivity index (χ4v) is 5.96. The van der Waals surface area contributed by atoms with E-state index in [0.29, 0.717) is 23.3 Å². The van der Waals surface area contributed by atoms with Crippen molar-refractivity contribution in [2.75, 3.05) is 0 Å². The standard InChI is InChI=1S/C34H40N4O3/c1-23(25-13-17-29(18-14-25)27-9-5-3-6-10-27)35-37-33(39)31-21-22-32(41-31)34(40)38-36-24(2)26-15-19-30(20-16-26)28-11-7-4-8-12-28/h13-22,27-28H,3-12H2,1-2H3,(H,37,39)(H,38,40)/b35-23+,36-24+. The van der Waals surface area contributed by atoms with Crippen LogP contribution in [0.4, 0.5) is 0 Å². The Labute approximate surface area is 242 Å². The molecule has 2 fully saturated rings. The molecule has 0 spiro atoms. The molecule has 0 radical (unpaired) electrons. The molecule has 2 aliphatic carbocycles. The Balaban J connectivity index is 1.13. The number of carbonyl (C=O) groups is 2. The SMILES string of the molecule is C/C(=N\NC(=O)c1ccc(C(=O)N/N=C(\C)c2ccc(C3CCCCC3)cc2)o1)c1ccc(C2CCCCC2)cc1. The summed E-state index contributed by atoms with van der Waals surface area (Å²) in [5.74, 6) is 0.232. The van der Waals surface area contributed by atoms with Crippen molar-refractivity contribution in [1.29, 1.82) is 0 Å². The van der Waals surface area contributed by atoms with Gasteiger partial charge in [-0.2, -0.15) is 10.2 Å². The number of hydrogen-bond donors (Lipinski definition) is 2. The summed E-state index contributed by atoms with van der Waals surface area (Å²) in [7, 11) is 0. The summed E-state index contributed by atoms with van der Waals surface area (Å²) in [5.41, 5.74) is 11.1. The summed E-state index contributed by atoms with van der Waals surface area (Å²) in [6, 6.07) is 19.8. The summed E-state index contributed by atoms with van der Waals surface area (Å²) in [4.78, 5) is 25.2. The normalized spacial score (nSPS) is 17.3. The third kappa shape index (κ3) is 7.40. The molecule has 214 valence electrons. The smallest absolute Gasteiger partial charge is 0.307 e. The number of benzene rings is 2. The Kier molecular flexibility index (Phi) is 9.44. The molecule has 2 saturated carbocycles. The Morgan fingerprint density at radius 1 is 0.585 bits per heavy atom. The molecule has 0 unspecified atom stereocenters. The minimum Gasteiger partial charge on any atom is -0.446 e. The van der Waals surface area contributed by atoms with Crippen molar-refractivity contribution in [3.05, 3.63) is 94.4 Å². The van der Waals surface area contributed by atoms with Crippen LogP contribution in [-0.2, 0) is 0 Å². The highest BCUT2D eigenvalue weighted by Gasteiger charge is 2.18. The first kappa shape index (κ1) is 28.5. The van der Waals surface area contributed by atoms with Crippen molar-refractivity contribution < 1.29 is 14.0 Å². The van der Waals surface area contributed by atoms with Crippen molar-refractivity contribution in [2.45, 2.75) is 89.9 Å². The van der Waals surface area contributed by atoms with Gasteiger partial charge in [0.05, 0.1) is 11.4 Å². The van der Waals surface area contributed by atoms with Crippen LogP contribution in [-0.4, -0.2) is 23.2 Å². The van der Waals surface area contributed by atoms with Crippen LogP contribution in [0.3, 0.4) is 0 Å². The molecule has 0 saturated heterocycles. The zero-order valence-corrected chi connectivity index (χ0v) is 24.1. The number of nitrogens with zero attached hydrogens (tertiary/aromatic N) is 2. The Bertz CT molecular complexity index is 1280. The van der Waals surface area contributed by atoms with E-state index >= 15 is 0 Å². The second-order valence-corrected chi connectivity index (χ2v) is 11.4. The van der Waals surface area contributed by atoms with Crippen LogP contribution in [0.2, 0.25) is 0 Å². The van der Waals surface area contributed by atoms with Gasteiger partial charge in [0.15, 0.2) is 11.5 Å². The Morgan fingerprint density at radius 2 is 0.951 bits per heavy atom. The van der Waals surface area contributed by atoms with Gasteiger partial charge in [-0.1, -0.05) is 87.1 Å². The average Bonchev–Trinajstić information content (AvgIpc) is 3.54. The zero-order valence-electron chi connectivity index (χ0n) is 24.1. The third-order valence-electron chi connectivity index (χ3n) is 8.51. The molecule has 7 nitrogen and oxygen atoms in total. The maximum Gasteiger partial charge on any atom is 0.307 e. The summed E-state index contributed by atoms with van der Waals surface area (Å²) in [5, 5.41) is 8.46. The van der Waals surface area contributed by atoms with E-state index in [2.05, 4.69) is 69.6 Å². The van der Waals surface area contributed by atoms with Gasteiger partial charge in [0.25, 0.3) is 0 Å². The molecule has 2 aliphatic rings. The summed E-state index contributed by atoms with van der Waals surface area (Å²) in [6.07, 6.45) is 12.9. The Hall–Kier alpha value is -4.00. The monoisotopic (exact) mass is 552 g/mol. The molecule has 0 atom stereocenters. The largest absolute Gasteiger partial charge is 0.446 e. The highest BCUT2D eigenvalue weighted by atomic mass is 16.4. The van der Waals surface area contributed by atoms with Gasteiger partial charge < -0.3 is 4.42 Å². The molecule has 7 heteroatoms. The van der Waals surface area contributed by atoms with E-state index in [0.717, 1.165) is 11.1 Å². The predicted octanol–water partition coefficient (Wildman–Crippen LogP) is 7.68. The van der Waals surface area contributed by atoms with Crippen LogP contribution in [0, 0.1) is 0 Å². The first-order valence-corrected chi connectivity index (χ1v) is 15.0.